The normalized spacial score (nSPS) is 13.7. The van der Waals surface area contributed by atoms with Crippen molar-refractivity contribution in [2.75, 3.05) is 13.1 Å². The fourth-order valence-corrected chi connectivity index (χ4v) is 2.99. The third-order valence-electron chi connectivity index (χ3n) is 4.35. The Bertz CT molecular complexity index is 810. The second-order valence-corrected chi connectivity index (χ2v) is 6.66. The monoisotopic (exact) mass is 337 g/mol. The number of amides is 1. The molecule has 6 heteroatoms. The van der Waals surface area contributed by atoms with Crippen LogP contribution in [0.3, 0.4) is 0 Å². The van der Waals surface area contributed by atoms with Gasteiger partial charge in [-0.3, -0.25) is 9.48 Å². The zero-order chi connectivity index (χ0) is 18.0. The number of nitrogens with zero attached hydrogens (tertiary/aromatic N) is 3. The van der Waals surface area contributed by atoms with Gasteiger partial charge in [0.1, 0.15) is 5.69 Å². The van der Waals surface area contributed by atoms with Crippen LogP contribution in [0.15, 0.2) is 24.3 Å². The summed E-state index contributed by atoms with van der Waals surface area (Å²) in [5.74, 6) is 0.255. The van der Waals surface area contributed by atoms with Crippen molar-refractivity contribution in [3.63, 3.8) is 0 Å². The molecule has 6 nitrogen and oxygen atoms in total. The molecule has 1 heterocycles. The lowest BCUT2D eigenvalue weighted by atomic mass is 10.0. The molecule has 0 unspecified atom stereocenters. The van der Waals surface area contributed by atoms with E-state index in [0.717, 1.165) is 29.7 Å². The Morgan fingerprint density at radius 1 is 1.40 bits per heavy atom. The molecular formula is C19H23N5O. The fourth-order valence-electron chi connectivity index (χ4n) is 2.99. The van der Waals surface area contributed by atoms with Gasteiger partial charge in [0.25, 0.3) is 5.91 Å². The Balaban J connectivity index is 2.12. The summed E-state index contributed by atoms with van der Waals surface area (Å²) in [6, 6.07) is 9.58. The van der Waals surface area contributed by atoms with Crippen LogP contribution in [-0.4, -0.2) is 28.8 Å². The van der Waals surface area contributed by atoms with Gasteiger partial charge in [0, 0.05) is 30.3 Å². The number of nitrogens with two attached hydrogens (primary N) is 1. The van der Waals surface area contributed by atoms with Gasteiger partial charge in [-0.15, -0.1) is 0 Å². The lowest BCUT2D eigenvalue weighted by Gasteiger charge is -2.12. The maximum atomic E-state index is 12.8. The van der Waals surface area contributed by atoms with Gasteiger partial charge in [0.2, 0.25) is 0 Å². The molecule has 0 spiro atoms. The van der Waals surface area contributed by atoms with Gasteiger partial charge in [-0.1, -0.05) is 12.1 Å². The van der Waals surface area contributed by atoms with Crippen LogP contribution in [0.4, 0.5) is 0 Å². The number of aromatic nitrogens is 2. The van der Waals surface area contributed by atoms with E-state index in [-0.39, 0.29) is 11.9 Å². The van der Waals surface area contributed by atoms with E-state index in [4.69, 9.17) is 16.1 Å². The van der Waals surface area contributed by atoms with Gasteiger partial charge < -0.3 is 11.1 Å². The highest BCUT2D eigenvalue weighted by molar-refractivity contribution is 5.96. The second-order valence-electron chi connectivity index (χ2n) is 6.66. The van der Waals surface area contributed by atoms with Crippen LogP contribution in [0, 0.1) is 11.3 Å². The molecule has 3 N–H and O–H groups in total. The maximum Gasteiger partial charge on any atom is 0.269 e. The van der Waals surface area contributed by atoms with E-state index in [1.807, 2.05) is 30.7 Å². The molecule has 1 amide bonds. The van der Waals surface area contributed by atoms with Gasteiger partial charge in [-0.25, -0.2) is 0 Å². The topological polar surface area (TPSA) is 96.7 Å². The summed E-state index contributed by atoms with van der Waals surface area (Å²) in [4.78, 5) is 12.8. The molecule has 0 bridgehead atoms. The molecular weight excluding hydrogens is 314 g/mol. The molecule has 1 aliphatic carbocycles. The first-order valence-corrected chi connectivity index (χ1v) is 8.68. The van der Waals surface area contributed by atoms with Crippen molar-refractivity contribution >= 4 is 5.91 Å². The van der Waals surface area contributed by atoms with Gasteiger partial charge in [0.05, 0.1) is 17.3 Å². The molecule has 1 fully saturated rings. The number of hydrogen-bond donors (Lipinski definition) is 2. The molecule has 0 saturated heterocycles. The van der Waals surface area contributed by atoms with E-state index in [0.29, 0.717) is 30.3 Å². The summed E-state index contributed by atoms with van der Waals surface area (Å²) in [5, 5.41) is 16.6. The largest absolute Gasteiger partial charge is 0.349 e. The fraction of sp³-hybridized carbons (Fsp3) is 0.421. The zero-order valence-electron chi connectivity index (χ0n) is 14.6. The molecule has 130 valence electrons. The van der Waals surface area contributed by atoms with Crippen molar-refractivity contribution < 1.29 is 4.79 Å². The molecule has 1 aliphatic rings. The molecule has 1 aromatic carbocycles. The van der Waals surface area contributed by atoms with Crippen molar-refractivity contribution in [2.24, 2.45) is 5.73 Å². The van der Waals surface area contributed by atoms with Gasteiger partial charge >= 0.3 is 0 Å². The van der Waals surface area contributed by atoms with Crippen molar-refractivity contribution in [3.05, 3.63) is 41.1 Å². The molecule has 3 rings (SSSR count). The molecule has 1 aromatic heterocycles. The third kappa shape index (κ3) is 3.42. The van der Waals surface area contributed by atoms with E-state index >= 15 is 0 Å². The Morgan fingerprint density at radius 2 is 2.08 bits per heavy atom. The van der Waals surface area contributed by atoms with Gasteiger partial charge in [0.15, 0.2) is 0 Å². The highest BCUT2D eigenvalue weighted by Gasteiger charge is 2.35. The molecule has 0 atom stereocenters. The van der Waals surface area contributed by atoms with Crippen molar-refractivity contribution in [1.29, 1.82) is 5.26 Å². The third-order valence-corrected chi connectivity index (χ3v) is 4.35. The second kappa shape index (κ2) is 7.08. The Labute approximate surface area is 147 Å². The number of carbonyl (C=O) groups excluding carboxylic acids is 1. The van der Waals surface area contributed by atoms with E-state index in [9.17, 15) is 4.79 Å². The van der Waals surface area contributed by atoms with E-state index < -0.39 is 0 Å². The SMILES string of the molecule is CC(C)n1nc(-c2ccc(C#N)cc2)c(C2CC2)c1C(=O)NCCN. The van der Waals surface area contributed by atoms with Crippen molar-refractivity contribution in [1.82, 2.24) is 15.1 Å². The van der Waals surface area contributed by atoms with E-state index in [2.05, 4.69) is 11.4 Å². The Hall–Kier alpha value is -2.65. The number of rotatable bonds is 6. The van der Waals surface area contributed by atoms with Crippen LogP contribution in [0.5, 0.6) is 0 Å². The zero-order valence-corrected chi connectivity index (χ0v) is 14.6. The first-order chi connectivity index (χ1) is 12.1. The molecule has 2 aromatic rings. The first kappa shape index (κ1) is 17.2. The van der Waals surface area contributed by atoms with Crippen LogP contribution in [0.1, 0.15) is 60.3 Å². The highest BCUT2D eigenvalue weighted by Crippen LogP contribution is 2.46. The summed E-state index contributed by atoms with van der Waals surface area (Å²) in [5.41, 5.74) is 9.58. The molecule has 1 saturated carbocycles. The Kier molecular flexibility index (Phi) is 4.86. The first-order valence-electron chi connectivity index (χ1n) is 8.68. The molecule has 0 aliphatic heterocycles. The predicted molar refractivity (Wildman–Crippen MR) is 96.1 cm³/mol. The van der Waals surface area contributed by atoms with Crippen molar-refractivity contribution in [3.8, 4) is 17.3 Å². The smallest absolute Gasteiger partial charge is 0.269 e. The summed E-state index contributed by atoms with van der Waals surface area (Å²) < 4.78 is 1.81. The molecule has 25 heavy (non-hydrogen) atoms. The number of nitrogens with one attached hydrogen (secondary N) is 1. The summed E-state index contributed by atoms with van der Waals surface area (Å²) in [6.45, 7) is 4.89. The Morgan fingerprint density at radius 3 is 2.60 bits per heavy atom. The average Bonchev–Trinajstić information content (AvgIpc) is 3.38. The minimum absolute atomic E-state index is 0.0725. The van der Waals surface area contributed by atoms with Crippen LogP contribution in [0.2, 0.25) is 0 Å². The van der Waals surface area contributed by atoms with Gasteiger partial charge in [-0.05, 0) is 44.7 Å². The van der Waals surface area contributed by atoms with E-state index in [1.165, 1.54) is 0 Å². The summed E-state index contributed by atoms with van der Waals surface area (Å²) in [6.07, 6.45) is 2.15. The average molecular weight is 337 g/mol. The lowest BCUT2D eigenvalue weighted by Crippen LogP contribution is -2.31. The summed E-state index contributed by atoms with van der Waals surface area (Å²) >= 11 is 0. The predicted octanol–water partition coefficient (Wildman–Crippen LogP) is 2.57. The minimum atomic E-state index is -0.117. The minimum Gasteiger partial charge on any atom is -0.349 e. The highest BCUT2D eigenvalue weighted by atomic mass is 16.2. The number of benzene rings is 1. The van der Waals surface area contributed by atoms with Gasteiger partial charge in [-0.2, -0.15) is 10.4 Å². The van der Waals surface area contributed by atoms with Crippen LogP contribution in [0.25, 0.3) is 11.3 Å². The standard InChI is InChI=1S/C19H23N5O/c1-12(2)24-18(19(25)22-10-9-20)16(14-7-8-14)17(23-24)15-5-3-13(11-21)4-6-15/h3-6,12,14H,7-10,20H2,1-2H3,(H,22,25). The number of hydrogen-bond acceptors (Lipinski definition) is 4. The van der Waals surface area contributed by atoms with Crippen LogP contribution >= 0.6 is 0 Å². The van der Waals surface area contributed by atoms with E-state index in [1.54, 1.807) is 12.1 Å². The van der Waals surface area contributed by atoms with Crippen molar-refractivity contribution in [2.45, 2.75) is 38.6 Å². The molecule has 0 radical (unpaired) electrons. The number of nitriles is 1. The van der Waals surface area contributed by atoms with Crippen LogP contribution in [-0.2, 0) is 0 Å². The lowest BCUT2D eigenvalue weighted by molar-refractivity contribution is 0.0941. The quantitative estimate of drug-likeness (QED) is 0.846. The maximum absolute atomic E-state index is 12.8. The summed E-state index contributed by atoms with van der Waals surface area (Å²) in [7, 11) is 0. The number of carbonyl (C=O) groups is 1. The van der Waals surface area contributed by atoms with Crippen LogP contribution < -0.4 is 11.1 Å².